The van der Waals surface area contributed by atoms with Gasteiger partial charge in [0.2, 0.25) is 0 Å². The summed E-state index contributed by atoms with van der Waals surface area (Å²) < 4.78 is 6.45. The second-order valence-electron chi connectivity index (χ2n) is 5.51. The van der Waals surface area contributed by atoms with Gasteiger partial charge in [-0.25, -0.2) is 0 Å². The lowest BCUT2D eigenvalue weighted by Gasteiger charge is -2.23. The normalized spacial score (nSPS) is 20.9. The summed E-state index contributed by atoms with van der Waals surface area (Å²) >= 11 is 9.86. The van der Waals surface area contributed by atoms with Gasteiger partial charge in [-0.15, -0.1) is 0 Å². The third kappa shape index (κ3) is 4.93. The molecule has 1 aromatic carbocycles. The van der Waals surface area contributed by atoms with E-state index in [1.807, 2.05) is 6.07 Å². The Morgan fingerprint density at radius 1 is 1.52 bits per heavy atom. The van der Waals surface area contributed by atoms with Gasteiger partial charge in [0.25, 0.3) is 0 Å². The lowest BCUT2D eigenvalue weighted by Crippen LogP contribution is -2.29. The number of halogens is 2. The highest BCUT2D eigenvalue weighted by Gasteiger charge is 2.23. The predicted octanol–water partition coefficient (Wildman–Crippen LogP) is 3.86. The minimum absolute atomic E-state index is 0.303. The Kier molecular flexibility index (Phi) is 6.96. The van der Waals surface area contributed by atoms with Crippen LogP contribution in [-0.2, 0) is 4.74 Å². The molecule has 0 aliphatic carbocycles. The zero-order chi connectivity index (χ0) is 15.2. The molecular weight excluding hydrogens is 352 g/mol. The summed E-state index contributed by atoms with van der Waals surface area (Å²) in [7, 11) is 1.80. The van der Waals surface area contributed by atoms with Crippen LogP contribution < -0.4 is 5.32 Å². The summed E-state index contributed by atoms with van der Waals surface area (Å²) in [6.07, 6.45) is 2.60. The van der Waals surface area contributed by atoms with E-state index in [9.17, 15) is 0 Å². The SMILES string of the molecule is CCNC(CCN1CCC(OC)C1)c1ccc(Br)cc1Cl. The first-order valence-electron chi connectivity index (χ1n) is 7.57. The number of likely N-dealkylation sites (tertiary alicyclic amines) is 1. The molecule has 118 valence electrons. The summed E-state index contributed by atoms with van der Waals surface area (Å²) in [5.41, 5.74) is 1.18. The molecule has 5 heteroatoms. The number of hydrogen-bond donors (Lipinski definition) is 1. The van der Waals surface area contributed by atoms with Crippen molar-refractivity contribution in [2.45, 2.75) is 31.9 Å². The molecule has 1 heterocycles. The van der Waals surface area contributed by atoms with Gasteiger partial charge < -0.3 is 15.0 Å². The van der Waals surface area contributed by atoms with Crippen molar-refractivity contribution >= 4 is 27.5 Å². The number of hydrogen-bond acceptors (Lipinski definition) is 3. The van der Waals surface area contributed by atoms with Crippen molar-refractivity contribution in [3.05, 3.63) is 33.3 Å². The number of ether oxygens (including phenoxy) is 1. The highest BCUT2D eigenvalue weighted by molar-refractivity contribution is 9.10. The van der Waals surface area contributed by atoms with E-state index < -0.39 is 0 Å². The third-order valence-electron chi connectivity index (χ3n) is 4.08. The van der Waals surface area contributed by atoms with Gasteiger partial charge in [-0.1, -0.05) is 40.5 Å². The molecule has 3 nitrogen and oxygen atoms in total. The topological polar surface area (TPSA) is 24.5 Å². The molecule has 2 rings (SSSR count). The molecule has 1 fully saturated rings. The van der Waals surface area contributed by atoms with Gasteiger partial charge in [0.05, 0.1) is 6.10 Å². The van der Waals surface area contributed by atoms with Crippen LogP contribution in [-0.4, -0.2) is 44.3 Å². The second-order valence-corrected chi connectivity index (χ2v) is 6.83. The van der Waals surface area contributed by atoms with Crippen molar-refractivity contribution in [3.63, 3.8) is 0 Å². The average Bonchev–Trinajstić information content (AvgIpc) is 2.92. The van der Waals surface area contributed by atoms with Crippen LogP contribution >= 0.6 is 27.5 Å². The molecule has 2 atom stereocenters. The Bertz CT molecular complexity index is 458. The van der Waals surface area contributed by atoms with Gasteiger partial charge in [-0.2, -0.15) is 0 Å². The molecule has 1 aromatic rings. The fourth-order valence-corrected chi connectivity index (χ4v) is 3.71. The standard InChI is InChI=1S/C16H24BrClN2O/c1-3-19-16(14-5-4-12(17)10-15(14)18)7-9-20-8-6-13(11-20)21-2/h4-5,10,13,16,19H,3,6-9,11H2,1-2H3. The molecule has 0 amide bonds. The van der Waals surface area contributed by atoms with Crippen molar-refractivity contribution in [2.75, 3.05) is 33.3 Å². The quantitative estimate of drug-likeness (QED) is 0.783. The Labute approximate surface area is 141 Å². The van der Waals surface area contributed by atoms with E-state index in [0.717, 1.165) is 48.5 Å². The van der Waals surface area contributed by atoms with E-state index >= 15 is 0 Å². The van der Waals surface area contributed by atoms with E-state index in [-0.39, 0.29) is 0 Å². The van der Waals surface area contributed by atoms with Crippen LogP contribution in [0.1, 0.15) is 31.4 Å². The van der Waals surface area contributed by atoms with E-state index in [0.29, 0.717) is 12.1 Å². The maximum Gasteiger partial charge on any atom is 0.0710 e. The second kappa shape index (κ2) is 8.49. The molecule has 2 unspecified atom stereocenters. The largest absolute Gasteiger partial charge is 0.380 e. The minimum Gasteiger partial charge on any atom is -0.380 e. The van der Waals surface area contributed by atoms with Crippen LogP contribution in [0.25, 0.3) is 0 Å². The molecule has 0 spiro atoms. The lowest BCUT2D eigenvalue weighted by molar-refractivity contribution is 0.107. The first kappa shape index (κ1) is 17.2. The van der Waals surface area contributed by atoms with Crippen molar-refractivity contribution < 1.29 is 4.74 Å². The molecule has 1 N–H and O–H groups in total. The smallest absolute Gasteiger partial charge is 0.0710 e. The van der Waals surface area contributed by atoms with Crippen LogP contribution in [0.2, 0.25) is 5.02 Å². The van der Waals surface area contributed by atoms with E-state index in [4.69, 9.17) is 16.3 Å². The molecular formula is C16H24BrClN2O. The highest BCUT2D eigenvalue weighted by atomic mass is 79.9. The Balaban J connectivity index is 1.96. The van der Waals surface area contributed by atoms with Crippen molar-refractivity contribution in [2.24, 2.45) is 0 Å². The minimum atomic E-state index is 0.303. The van der Waals surface area contributed by atoms with Gasteiger partial charge in [0, 0.05) is 42.3 Å². The molecule has 1 aliphatic heterocycles. The van der Waals surface area contributed by atoms with E-state index in [1.165, 1.54) is 5.56 Å². The lowest BCUT2D eigenvalue weighted by atomic mass is 10.0. The summed E-state index contributed by atoms with van der Waals surface area (Å²) in [4.78, 5) is 2.48. The summed E-state index contributed by atoms with van der Waals surface area (Å²) in [6.45, 7) is 6.33. The number of methoxy groups -OCH3 is 1. The van der Waals surface area contributed by atoms with Gasteiger partial charge in [0.1, 0.15) is 0 Å². The van der Waals surface area contributed by atoms with Crippen molar-refractivity contribution in [1.29, 1.82) is 0 Å². The number of nitrogens with zero attached hydrogens (tertiary/aromatic N) is 1. The molecule has 1 saturated heterocycles. The summed E-state index contributed by atoms with van der Waals surface area (Å²) in [5.74, 6) is 0. The first-order valence-corrected chi connectivity index (χ1v) is 8.74. The van der Waals surface area contributed by atoms with Crippen LogP contribution in [0.5, 0.6) is 0 Å². The molecule has 1 aliphatic rings. The number of benzene rings is 1. The molecule has 0 bridgehead atoms. The van der Waals surface area contributed by atoms with Crippen molar-refractivity contribution in [3.8, 4) is 0 Å². The predicted molar refractivity (Wildman–Crippen MR) is 92.0 cm³/mol. The summed E-state index contributed by atoms with van der Waals surface area (Å²) in [5, 5.41) is 4.38. The molecule has 0 aromatic heterocycles. The van der Waals surface area contributed by atoms with E-state index in [1.54, 1.807) is 7.11 Å². The number of nitrogens with one attached hydrogen (secondary N) is 1. The maximum absolute atomic E-state index is 6.40. The molecule has 0 radical (unpaired) electrons. The Hall–Kier alpha value is -0.130. The van der Waals surface area contributed by atoms with Crippen LogP contribution in [0, 0.1) is 0 Å². The summed E-state index contributed by atoms with van der Waals surface area (Å²) in [6, 6.07) is 6.44. The fraction of sp³-hybridized carbons (Fsp3) is 0.625. The monoisotopic (exact) mass is 374 g/mol. The molecule has 21 heavy (non-hydrogen) atoms. The van der Waals surface area contributed by atoms with Crippen molar-refractivity contribution in [1.82, 2.24) is 10.2 Å². The zero-order valence-electron chi connectivity index (χ0n) is 12.7. The van der Waals surface area contributed by atoms with E-state index in [2.05, 4.69) is 45.2 Å². The first-order chi connectivity index (χ1) is 10.1. The maximum atomic E-state index is 6.40. The highest BCUT2D eigenvalue weighted by Crippen LogP contribution is 2.28. The van der Waals surface area contributed by atoms with Gasteiger partial charge >= 0.3 is 0 Å². The third-order valence-corrected chi connectivity index (χ3v) is 4.91. The van der Waals surface area contributed by atoms with Crippen LogP contribution in [0.15, 0.2) is 22.7 Å². The molecule has 0 saturated carbocycles. The Morgan fingerprint density at radius 2 is 2.33 bits per heavy atom. The fourth-order valence-electron chi connectivity index (χ4n) is 2.90. The van der Waals surface area contributed by atoms with Gasteiger partial charge in [0.15, 0.2) is 0 Å². The van der Waals surface area contributed by atoms with Gasteiger partial charge in [-0.05, 0) is 37.1 Å². The number of rotatable bonds is 7. The Morgan fingerprint density at radius 3 is 2.95 bits per heavy atom. The van der Waals surface area contributed by atoms with Crippen LogP contribution in [0.4, 0.5) is 0 Å². The zero-order valence-corrected chi connectivity index (χ0v) is 15.1. The van der Waals surface area contributed by atoms with Crippen LogP contribution in [0.3, 0.4) is 0 Å². The van der Waals surface area contributed by atoms with Gasteiger partial charge in [-0.3, -0.25) is 0 Å². The average molecular weight is 376 g/mol.